The molecular formula is C20H23ClN2O. The van der Waals surface area contributed by atoms with Gasteiger partial charge in [0.25, 0.3) is 0 Å². The SMILES string of the molecule is CCC(C)C(=NCc1ccc(Cl)cc1)Nc1ccc(C(C)=O)cc1. The van der Waals surface area contributed by atoms with Crippen LogP contribution in [0.15, 0.2) is 53.5 Å². The van der Waals surface area contributed by atoms with E-state index < -0.39 is 0 Å². The molecule has 0 aliphatic carbocycles. The number of nitrogens with zero attached hydrogens (tertiary/aromatic N) is 1. The highest BCUT2D eigenvalue weighted by atomic mass is 35.5. The Labute approximate surface area is 148 Å². The highest BCUT2D eigenvalue weighted by Crippen LogP contribution is 2.15. The molecule has 0 spiro atoms. The maximum Gasteiger partial charge on any atom is 0.159 e. The summed E-state index contributed by atoms with van der Waals surface area (Å²) in [7, 11) is 0. The average Bonchev–Trinajstić information content (AvgIpc) is 2.59. The van der Waals surface area contributed by atoms with Gasteiger partial charge in [-0.25, -0.2) is 0 Å². The van der Waals surface area contributed by atoms with Gasteiger partial charge in [-0.05, 0) is 55.3 Å². The lowest BCUT2D eigenvalue weighted by Crippen LogP contribution is -2.20. The maximum atomic E-state index is 11.4. The van der Waals surface area contributed by atoms with Gasteiger partial charge in [0.15, 0.2) is 5.78 Å². The van der Waals surface area contributed by atoms with Crippen LogP contribution in [0.5, 0.6) is 0 Å². The number of rotatable bonds is 6. The molecule has 0 radical (unpaired) electrons. The fraction of sp³-hybridized carbons (Fsp3) is 0.300. The smallest absolute Gasteiger partial charge is 0.159 e. The number of carbonyl (C=O) groups is 1. The molecule has 2 rings (SSSR count). The van der Waals surface area contributed by atoms with Crippen LogP contribution in [-0.4, -0.2) is 11.6 Å². The van der Waals surface area contributed by atoms with Gasteiger partial charge >= 0.3 is 0 Å². The number of aliphatic imine (C=N–C) groups is 1. The number of anilines is 1. The minimum absolute atomic E-state index is 0.0695. The first-order valence-electron chi connectivity index (χ1n) is 8.16. The number of carbonyl (C=O) groups excluding carboxylic acids is 1. The topological polar surface area (TPSA) is 41.5 Å². The molecule has 3 nitrogen and oxygen atoms in total. The zero-order valence-electron chi connectivity index (χ0n) is 14.3. The molecule has 1 atom stereocenters. The Morgan fingerprint density at radius 1 is 1.12 bits per heavy atom. The van der Waals surface area contributed by atoms with E-state index in [4.69, 9.17) is 16.6 Å². The second-order valence-electron chi connectivity index (χ2n) is 5.90. The molecule has 0 bridgehead atoms. The Balaban J connectivity index is 2.14. The maximum absolute atomic E-state index is 11.4. The number of benzene rings is 2. The first-order valence-corrected chi connectivity index (χ1v) is 8.54. The van der Waals surface area contributed by atoms with E-state index in [1.54, 1.807) is 6.92 Å². The van der Waals surface area contributed by atoms with Crippen LogP contribution in [0.3, 0.4) is 0 Å². The molecule has 24 heavy (non-hydrogen) atoms. The highest BCUT2D eigenvalue weighted by molar-refractivity contribution is 6.30. The van der Waals surface area contributed by atoms with Crippen molar-refractivity contribution in [2.45, 2.75) is 33.7 Å². The monoisotopic (exact) mass is 342 g/mol. The molecule has 0 aliphatic rings. The number of halogens is 1. The van der Waals surface area contributed by atoms with E-state index in [1.807, 2.05) is 48.5 Å². The summed E-state index contributed by atoms with van der Waals surface area (Å²) in [6.07, 6.45) is 0.998. The second-order valence-corrected chi connectivity index (χ2v) is 6.33. The Bertz CT molecular complexity index is 705. The van der Waals surface area contributed by atoms with Gasteiger partial charge < -0.3 is 5.32 Å². The molecule has 1 unspecified atom stereocenters. The molecule has 0 saturated carbocycles. The van der Waals surface area contributed by atoms with Crippen LogP contribution in [0.1, 0.15) is 43.1 Å². The van der Waals surface area contributed by atoms with Crippen molar-refractivity contribution >= 4 is 28.9 Å². The molecular weight excluding hydrogens is 320 g/mol. The van der Waals surface area contributed by atoms with E-state index in [9.17, 15) is 4.79 Å². The molecule has 0 aromatic heterocycles. The van der Waals surface area contributed by atoms with Crippen molar-refractivity contribution in [3.05, 3.63) is 64.7 Å². The third kappa shape index (κ3) is 5.20. The molecule has 0 heterocycles. The van der Waals surface area contributed by atoms with Crippen molar-refractivity contribution in [3.63, 3.8) is 0 Å². The van der Waals surface area contributed by atoms with Gasteiger partial charge in [-0.15, -0.1) is 0 Å². The second kappa shape index (κ2) is 8.65. The number of amidine groups is 1. The predicted octanol–water partition coefficient (Wildman–Crippen LogP) is 5.60. The molecule has 0 aliphatic heterocycles. The predicted molar refractivity (Wildman–Crippen MR) is 102 cm³/mol. The summed E-state index contributed by atoms with van der Waals surface area (Å²) in [4.78, 5) is 16.1. The van der Waals surface area contributed by atoms with Gasteiger partial charge in [0.05, 0.1) is 6.54 Å². The van der Waals surface area contributed by atoms with E-state index in [0.29, 0.717) is 18.0 Å². The summed E-state index contributed by atoms with van der Waals surface area (Å²) in [5, 5.41) is 4.12. The third-order valence-corrected chi connectivity index (χ3v) is 4.24. The molecule has 0 amide bonds. The van der Waals surface area contributed by atoms with Crippen LogP contribution in [0.2, 0.25) is 5.02 Å². The normalized spacial score (nSPS) is 12.8. The van der Waals surface area contributed by atoms with Crippen molar-refractivity contribution in [3.8, 4) is 0 Å². The van der Waals surface area contributed by atoms with E-state index in [2.05, 4.69) is 19.2 Å². The zero-order valence-corrected chi connectivity index (χ0v) is 15.1. The van der Waals surface area contributed by atoms with Gasteiger partial charge in [0.1, 0.15) is 5.84 Å². The summed E-state index contributed by atoms with van der Waals surface area (Å²) in [5.41, 5.74) is 2.77. The summed E-state index contributed by atoms with van der Waals surface area (Å²) in [5.74, 6) is 1.34. The van der Waals surface area contributed by atoms with Crippen molar-refractivity contribution in [2.24, 2.45) is 10.9 Å². The highest BCUT2D eigenvalue weighted by Gasteiger charge is 2.09. The van der Waals surface area contributed by atoms with Crippen molar-refractivity contribution < 1.29 is 4.79 Å². The fourth-order valence-electron chi connectivity index (χ4n) is 2.21. The van der Waals surface area contributed by atoms with E-state index in [0.717, 1.165) is 28.5 Å². The number of hydrogen-bond acceptors (Lipinski definition) is 2. The number of ketones is 1. The molecule has 1 N–H and O–H groups in total. The first kappa shape index (κ1) is 18.2. The van der Waals surface area contributed by atoms with Crippen molar-refractivity contribution in [1.82, 2.24) is 0 Å². The van der Waals surface area contributed by atoms with Crippen molar-refractivity contribution in [2.75, 3.05) is 5.32 Å². The Morgan fingerprint density at radius 2 is 1.75 bits per heavy atom. The summed E-state index contributed by atoms with van der Waals surface area (Å²) in [6.45, 7) is 6.47. The van der Waals surface area contributed by atoms with E-state index in [-0.39, 0.29) is 5.78 Å². The summed E-state index contributed by atoms with van der Waals surface area (Å²) < 4.78 is 0. The van der Waals surface area contributed by atoms with Crippen LogP contribution >= 0.6 is 11.6 Å². The lowest BCUT2D eigenvalue weighted by Gasteiger charge is -2.16. The standard InChI is InChI=1S/C20H23ClN2O/c1-4-14(2)20(22-13-16-5-9-18(21)10-6-16)23-19-11-7-17(8-12-19)15(3)24/h5-12,14H,4,13H2,1-3H3,(H,22,23). The zero-order chi connectivity index (χ0) is 17.5. The van der Waals surface area contributed by atoms with Gasteiger partial charge in [-0.2, -0.15) is 0 Å². The molecule has 0 fully saturated rings. The summed E-state index contributed by atoms with van der Waals surface area (Å²) >= 11 is 5.92. The molecule has 2 aromatic rings. The van der Waals surface area contributed by atoms with Crippen LogP contribution < -0.4 is 5.32 Å². The fourth-order valence-corrected chi connectivity index (χ4v) is 2.34. The lowest BCUT2D eigenvalue weighted by atomic mass is 10.1. The van der Waals surface area contributed by atoms with E-state index in [1.165, 1.54) is 0 Å². The minimum atomic E-state index is 0.0695. The quantitative estimate of drug-likeness (QED) is 0.422. The molecule has 0 saturated heterocycles. The van der Waals surface area contributed by atoms with Gasteiger partial charge in [0.2, 0.25) is 0 Å². The molecule has 126 valence electrons. The van der Waals surface area contributed by atoms with Crippen LogP contribution in [0, 0.1) is 5.92 Å². The third-order valence-electron chi connectivity index (χ3n) is 3.99. The van der Waals surface area contributed by atoms with Crippen LogP contribution in [0.25, 0.3) is 0 Å². The van der Waals surface area contributed by atoms with Gasteiger partial charge in [0, 0.05) is 22.2 Å². The average molecular weight is 343 g/mol. The number of nitrogens with one attached hydrogen (secondary N) is 1. The summed E-state index contributed by atoms with van der Waals surface area (Å²) in [6, 6.07) is 15.2. The minimum Gasteiger partial charge on any atom is -0.344 e. The van der Waals surface area contributed by atoms with Gasteiger partial charge in [-0.1, -0.05) is 37.6 Å². The van der Waals surface area contributed by atoms with Gasteiger partial charge in [-0.3, -0.25) is 9.79 Å². The molecule has 2 aromatic carbocycles. The lowest BCUT2D eigenvalue weighted by molar-refractivity contribution is 0.101. The van der Waals surface area contributed by atoms with Crippen molar-refractivity contribution in [1.29, 1.82) is 0 Å². The van der Waals surface area contributed by atoms with Crippen LogP contribution in [0.4, 0.5) is 5.69 Å². The Morgan fingerprint density at radius 3 is 2.29 bits per heavy atom. The van der Waals surface area contributed by atoms with E-state index >= 15 is 0 Å². The first-order chi connectivity index (χ1) is 11.5. The Hall–Kier alpha value is -2.13. The Kier molecular flexibility index (Phi) is 6.56. The number of hydrogen-bond donors (Lipinski definition) is 1. The number of Topliss-reactive ketones (excluding diaryl/α,β-unsaturated/α-hetero) is 1. The largest absolute Gasteiger partial charge is 0.344 e. The van der Waals surface area contributed by atoms with Crippen LogP contribution in [-0.2, 0) is 6.54 Å². The molecule has 4 heteroatoms.